The normalized spacial score (nSPS) is 10.3. The van der Waals surface area contributed by atoms with Crippen LogP contribution in [0.15, 0.2) is 47.2 Å². The highest BCUT2D eigenvalue weighted by Crippen LogP contribution is 2.21. The number of carbonyl (C=O) groups excluding carboxylic acids is 1. The molecule has 0 aliphatic rings. The first-order valence-electron chi connectivity index (χ1n) is 6.11. The summed E-state index contributed by atoms with van der Waals surface area (Å²) in [6.45, 7) is 0. The zero-order valence-electron chi connectivity index (χ0n) is 10.7. The van der Waals surface area contributed by atoms with E-state index in [4.69, 9.17) is 5.26 Å². The largest absolute Gasteiger partial charge is 0.345 e. The number of amides is 1. The van der Waals surface area contributed by atoms with Crippen LogP contribution in [-0.2, 0) is 0 Å². The van der Waals surface area contributed by atoms with Crippen LogP contribution in [-0.4, -0.2) is 15.9 Å². The zero-order valence-corrected chi connectivity index (χ0v) is 12.3. The maximum atomic E-state index is 12.3. The summed E-state index contributed by atoms with van der Waals surface area (Å²) in [6, 6.07) is 12.4. The van der Waals surface area contributed by atoms with Gasteiger partial charge in [0.2, 0.25) is 0 Å². The van der Waals surface area contributed by atoms with E-state index < -0.39 is 0 Å². The van der Waals surface area contributed by atoms with Crippen LogP contribution in [0, 0.1) is 11.3 Å². The number of nitriles is 1. The molecule has 0 unspecified atom stereocenters. The lowest BCUT2D eigenvalue weighted by Gasteiger charge is -2.07. The van der Waals surface area contributed by atoms with Crippen molar-refractivity contribution in [1.29, 1.82) is 5.26 Å². The van der Waals surface area contributed by atoms with Gasteiger partial charge in [0.05, 0.1) is 28.6 Å². The van der Waals surface area contributed by atoms with E-state index in [-0.39, 0.29) is 5.91 Å². The molecule has 0 atom stereocenters. The lowest BCUT2D eigenvalue weighted by atomic mass is 10.1. The lowest BCUT2D eigenvalue weighted by molar-refractivity contribution is 0.102. The molecule has 2 aromatic carbocycles. The molecule has 0 radical (unpaired) electrons. The second kappa shape index (κ2) is 5.38. The van der Waals surface area contributed by atoms with Crippen molar-refractivity contribution in [2.75, 3.05) is 5.32 Å². The van der Waals surface area contributed by atoms with Gasteiger partial charge in [0.15, 0.2) is 0 Å². The molecule has 0 saturated carbocycles. The zero-order chi connectivity index (χ0) is 14.8. The number of fused-ring (bicyclic) bond motifs is 1. The van der Waals surface area contributed by atoms with Crippen LogP contribution in [0.25, 0.3) is 11.0 Å². The van der Waals surface area contributed by atoms with E-state index in [1.165, 1.54) is 0 Å². The molecular formula is C15H9BrN4O. The van der Waals surface area contributed by atoms with E-state index in [0.29, 0.717) is 16.8 Å². The second-order valence-electron chi connectivity index (χ2n) is 4.39. The van der Waals surface area contributed by atoms with Gasteiger partial charge >= 0.3 is 0 Å². The van der Waals surface area contributed by atoms with Crippen molar-refractivity contribution >= 4 is 38.6 Å². The van der Waals surface area contributed by atoms with Gasteiger partial charge in [-0.1, -0.05) is 15.9 Å². The number of anilines is 1. The minimum Gasteiger partial charge on any atom is -0.345 e. The number of carbonyl (C=O) groups is 1. The van der Waals surface area contributed by atoms with Crippen molar-refractivity contribution in [3.05, 3.63) is 58.3 Å². The smallest absolute Gasteiger partial charge is 0.255 e. The first-order chi connectivity index (χ1) is 10.2. The van der Waals surface area contributed by atoms with E-state index in [0.717, 1.165) is 15.5 Å². The molecule has 0 saturated heterocycles. The number of aromatic nitrogens is 2. The van der Waals surface area contributed by atoms with Crippen LogP contribution in [0.3, 0.4) is 0 Å². The van der Waals surface area contributed by atoms with Gasteiger partial charge in [-0.05, 0) is 36.4 Å². The average molecular weight is 341 g/mol. The SMILES string of the molecule is N#Cc1cc(Br)ccc1NC(=O)c1ccc2nc[nH]c2c1. The van der Waals surface area contributed by atoms with Gasteiger partial charge in [-0.15, -0.1) is 0 Å². The minimum absolute atomic E-state index is 0.273. The van der Waals surface area contributed by atoms with Gasteiger partial charge in [0.25, 0.3) is 5.91 Å². The molecule has 1 amide bonds. The molecule has 1 aromatic heterocycles. The Morgan fingerprint density at radius 1 is 1.29 bits per heavy atom. The molecule has 21 heavy (non-hydrogen) atoms. The minimum atomic E-state index is -0.273. The van der Waals surface area contributed by atoms with Crippen LogP contribution >= 0.6 is 15.9 Å². The number of nitrogens with one attached hydrogen (secondary N) is 2. The molecule has 5 nitrogen and oxygen atoms in total. The Kier molecular flexibility index (Phi) is 3.42. The van der Waals surface area contributed by atoms with Crippen LogP contribution in [0.2, 0.25) is 0 Å². The molecule has 102 valence electrons. The molecule has 1 heterocycles. The van der Waals surface area contributed by atoms with Crippen LogP contribution in [0.4, 0.5) is 5.69 Å². The molecule has 0 aliphatic carbocycles. The Morgan fingerprint density at radius 3 is 2.95 bits per heavy atom. The number of hydrogen-bond donors (Lipinski definition) is 2. The number of halogens is 1. The number of H-pyrrole nitrogens is 1. The quantitative estimate of drug-likeness (QED) is 0.749. The van der Waals surface area contributed by atoms with Crippen molar-refractivity contribution < 1.29 is 4.79 Å². The highest BCUT2D eigenvalue weighted by atomic mass is 79.9. The van der Waals surface area contributed by atoms with Crippen LogP contribution < -0.4 is 5.32 Å². The van der Waals surface area contributed by atoms with Crippen LogP contribution in [0.1, 0.15) is 15.9 Å². The summed E-state index contributed by atoms with van der Waals surface area (Å²) >= 11 is 3.30. The van der Waals surface area contributed by atoms with Gasteiger partial charge in [-0.2, -0.15) is 5.26 Å². The monoisotopic (exact) mass is 340 g/mol. The van der Waals surface area contributed by atoms with E-state index >= 15 is 0 Å². The highest BCUT2D eigenvalue weighted by molar-refractivity contribution is 9.10. The molecule has 0 aliphatic heterocycles. The molecular weight excluding hydrogens is 332 g/mol. The van der Waals surface area contributed by atoms with Crippen molar-refractivity contribution in [3.8, 4) is 6.07 Å². The van der Waals surface area contributed by atoms with Crippen molar-refractivity contribution in [2.24, 2.45) is 0 Å². The topological polar surface area (TPSA) is 81.6 Å². The number of rotatable bonds is 2. The highest BCUT2D eigenvalue weighted by Gasteiger charge is 2.10. The summed E-state index contributed by atoms with van der Waals surface area (Å²) in [5.74, 6) is -0.273. The second-order valence-corrected chi connectivity index (χ2v) is 5.31. The molecule has 3 aromatic rings. The fourth-order valence-corrected chi connectivity index (χ4v) is 2.35. The van der Waals surface area contributed by atoms with Gasteiger partial charge in [-0.25, -0.2) is 4.98 Å². The Labute approximate surface area is 128 Å². The third-order valence-electron chi connectivity index (χ3n) is 3.03. The molecule has 0 bridgehead atoms. The number of benzene rings is 2. The van der Waals surface area contributed by atoms with Gasteiger partial charge in [0, 0.05) is 10.0 Å². The molecule has 0 fully saturated rings. The first-order valence-corrected chi connectivity index (χ1v) is 6.91. The summed E-state index contributed by atoms with van der Waals surface area (Å²) in [6.07, 6.45) is 1.58. The Morgan fingerprint density at radius 2 is 2.14 bits per heavy atom. The predicted molar refractivity (Wildman–Crippen MR) is 82.9 cm³/mol. The standard InChI is InChI=1S/C15H9BrN4O/c16-11-2-4-12(10(5-11)7-17)20-15(21)9-1-3-13-14(6-9)19-8-18-13/h1-6,8H,(H,18,19)(H,20,21). The van der Waals surface area contributed by atoms with E-state index in [9.17, 15) is 4.79 Å². The van der Waals surface area contributed by atoms with E-state index in [2.05, 4.69) is 37.3 Å². The summed E-state index contributed by atoms with van der Waals surface area (Å²) in [5, 5.41) is 11.8. The summed E-state index contributed by atoms with van der Waals surface area (Å²) in [5.41, 5.74) is 2.97. The fourth-order valence-electron chi connectivity index (χ4n) is 1.99. The molecule has 0 spiro atoms. The molecule has 3 rings (SSSR count). The number of nitrogens with zero attached hydrogens (tertiary/aromatic N) is 2. The van der Waals surface area contributed by atoms with Gasteiger partial charge in [0.1, 0.15) is 6.07 Å². The molecule has 6 heteroatoms. The lowest BCUT2D eigenvalue weighted by Crippen LogP contribution is -2.12. The van der Waals surface area contributed by atoms with Gasteiger partial charge < -0.3 is 10.3 Å². The van der Waals surface area contributed by atoms with Crippen molar-refractivity contribution in [3.63, 3.8) is 0 Å². The van der Waals surface area contributed by atoms with E-state index in [1.807, 2.05) is 0 Å². The third kappa shape index (κ3) is 2.64. The fraction of sp³-hybridized carbons (Fsp3) is 0. The predicted octanol–water partition coefficient (Wildman–Crippen LogP) is 3.45. The average Bonchev–Trinajstić information content (AvgIpc) is 2.96. The maximum absolute atomic E-state index is 12.3. The third-order valence-corrected chi connectivity index (χ3v) is 3.53. The number of imidazole rings is 1. The summed E-state index contributed by atoms with van der Waals surface area (Å²) < 4.78 is 0.788. The maximum Gasteiger partial charge on any atom is 0.255 e. The first kappa shape index (κ1) is 13.3. The van der Waals surface area contributed by atoms with Gasteiger partial charge in [-0.3, -0.25) is 4.79 Å². The number of aromatic amines is 1. The summed E-state index contributed by atoms with van der Waals surface area (Å²) in [4.78, 5) is 19.3. The van der Waals surface area contributed by atoms with E-state index in [1.54, 1.807) is 42.7 Å². The van der Waals surface area contributed by atoms with Crippen molar-refractivity contribution in [1.82, 2.24) is 9.97 Å². The number of hydrogen-bond acceptors (Lipinski definition) is 3. The van der Waals surface area contributed by atoms with Crippen molar-refractivity contribution in [2.45, 2.75) is 0 Å². The Bertz CT molecular complexity index is 879. The molecule has 2 N–H and O–H groups in total. The summed E-state index contributed by atoms with van der Waals surface area (Å²) in [7, 11) is 0. The Balaban J connectivity index is 1.91. The van der Waals surface area contributed by atoms with Crippen LogP contribution in [0.5, 0.6) is 0 Å². The Hall–Kier alpha value is -2.65.